The van der Waals surface area contributed by atoms with Crippen LogP contribution in [0, 0.1) is 0 Å². The second kappa shape index (κ2) is 6.79. The van der Waals surface area contributed by atoms with Crippen molar-refractivity contribution in [2.24, 2.45) is 0 Å². The number of pyridine rings is 2. The number of hydrogen-bond donors (Lipinski definition) is 1. The molecule has 0 fully saturated rings. The van der Waals surface area contributed by atoms with Crippen molar-refractivity contribution in [3.8, 4) is 22.8 Å². The molecule has 0 unspecified atom stereocenters. The van der Waals surface area contributed by atoms with E-state index in [9.17, 15) is 0 Å². The van der Waals surface area contributed by atoms with Gasteiger partial charge in [0.1, 0.15) is 11.5 Å². The van der Waals surface area contributed by atoms with Crippen LogP contribution in [-0.4, -0.2) is 29.9 Å². The maximum absolute atomic E-state index is 4.62. The Balaban J connectivity index is 1.80. The summed E-state index contributed by atoms with van der Waals surface area (Å²) in [5.41, 5.74) is 2.31. The normalized spacial score (nSPS) is 10.4. The zero-order chi connectivity index (χ0) is 16.9. The Kier molecular flexibility index (Phi) is 4.03. The minimum Gasteiger partial charge on any atom is -0.309 e. The van der Waals surface area contributed by atoms with Crippen molar-refractivity contribution in [1.82, 2.24) is 29.9 Å². The molecule has 4 heterocycles. The van der Waals surface area contributed by atoms with Gasteiger partial charge in [-0.05, 0) is 30.3 Å². The summed E-state index contributed by atoms with van der Waals surface area (Å²) in [6, 6.07) is 13.0. The first-order valence-corrected chi connectivity index (χ1v) is 7.63. The first kappa shape index (κ1) is 14.8. The minimum atomic E-state index is 0.463. The van der Waals surface area contributed by atoms with E-state index in [1.807, 2.05) is 36.4 Å². The maximum Gasteiger partial charge on any atom is 0.228 e. The van der Waals surface area contributed by atoms with E-state index in [-0.39, 0.29) is 0 Å². The molecule has 0 aromatic carbocycles. The molecule has 0 saturated carbocycles. The molecule has 0 amide bonds. The molecular formula is C18H13N7. The van der Waals surface area contributed by atoms with Crippen molar-refractivity contribution in [2.75, 3.05) is 5.32 Å². The summed E-state index contributed by atoms with van der Waals surface area (Å²) >= 11 is 0. The van der Waals surface area contributed by atoms with Crippen molar-refractivity contribution >= 4 is 11.8 Å². The highest BCUT2D eigenvalue weighted by Crippen LogP contribution is 2.23. The first-order valence-electron chi connectivity index (χ1n) is 7.63. The third-order valence-corrected chi connectivity index (χ3v) is 3.38. The predicted octanol–water partition coefficient (Wildman–Crippen LogP) is 3.13. The van der Waals surface area contributed by atoms with Gasteiger partial charge in [-0.3, -0.25) is 9.97 Å². The van der Waals surface area contributed by atoms with Gasteiger partial charge in [0.05, 0.1) is 5.69 Å². The Morgan fingerprint density at radius 1 is 0.720 bits per heavy atom. The molecule has 0 aliphatic rings. The molecule has 0 aliphatic carbocycles. The van der Waals surface area contributed by atoms with E-state index < -0.39 is 0 Å². The van der Waals surface area contributed by atoms with Crippen LogP contribution in [-0.2, 0) is 0 Å². The highest BCUT2D eigenvalue weighted by Gasteiger charge is 2.10. The van der Waals surface area contributed by atoms with Gasteiger partial charge in [0, 0.05) is 42.6 Å². The number of anilines is 2. The molecule has 7 heteroatoms. The lowest BCUT2D eigenvalue weighted by Gasteiger charge is -2.09. The van der Waals surface area contributed by atoms with Crippen LogP contribution in [0.25, 0.3) is 22.8 Å². The molecule has 7 nitrogen and oxygen atoms in total. The Labute approximate surface area is 143 Å². The van der Waals surface area contributed by atoms with Crippen molar-refractivity contribution in [3.63, 3.8) is 0 Å². The van der Waals surface area contributed by atoms with Crippen molar-refractivity contribution in [1.29, 1.82) is 0 Å². The van der Waals surface area contributed by atoms with Crippen LogP contribution in [0.15, 0.2) is 73.4 Å². The fourth-order valence-corrected chi connectivity index (χ4v) is 2.26. The van der Waals surface area contributed by atoms with Gasteiger partial charge in [-0.2, -0.15) is 0 Å². The zero-order valence-corrected chi connectivity index (χ0v) is 13.1. The fraction of sp³-hybridized carbons (Fsp3) is 0. The predicted molar refractivity (Wildman–Crippen MR) is 93.8 cm³/mol. The molecule has 4 aromatic heterocycles. The highest BCUT2D eigenvalue weighted by atomic mass is 15.1. The number of hydrogen-bond acceptors (Lipinski definition) is 7. The van der Waals surface area contributed by atoms with E-state index in [1.54, 1.807) is 37.1 Å². The molecular weight excluding hydrogens is 314 g/mol. The van der Waals surface area contributed by atoms with Gasteiger partial charge in [-0.1, -0.05) is 6.07 Å². The molecule has 25 heavy (non-hydrogen) atoms. The maximum atomic E-state index is 4.62. The number of rotatable bonds is 4. The summed E-state index contributed by atoms with van der Waals surface area (Å²) in [4.78, 5) is 26.0. The Morgan fingerprint density at radius 2 is 1.60 bits per heavy atom. The van der Waals surface area contributed by atoms with Crippen molar-refractivity contribution in [3.05, 3.63) is 73.4 Å². The minimum absolute atomic E-state index is 0.463. The van der Waals surface area contributed by atoms with E-state index in [0.717, 1.165) is 11.3 Å². The summed E-state index contributed by atoms with van der Waals surface area (Å²) < 4.78 is 0. The van der Waals surface area contributed by atoms with Crippen molar-refractivity contribution < 1.29 is 0 Å². The molecule has 0 bridgehead atoms. The average molecular weight is 327 g/mol. The third-order valence-electron chi connectivity index (χ3n) is 3.38. The van der Waals surface area contributed by atoms with Gasteiger partial charge in [0.25, 0.3) is 0 Å². The quantitative estimate of drug-likeness (QED) is 0.616. The van der Waals surface area contributed by atoms with Gasteiger partial charge >= 0.3 is 0 Å². The smallest absolute Gasteiger partial charge is 0.228 e. The second-order valence-corrected chi connectivity index (χ2v) is 5.12. The Hall–Kier alpha value is -3.74. The highest BCUT2D eigenvalue weighted by molar-refractivity contribution is 5.67. The van der Waals surface area contributed by atoms with Crippen LogP contribution in [0.2, 0.25) is 0 Å². The number of aromatic nitrogens is 6. The van der Waals surface area contributed by atoms with Gasteiger partial charge in [-0.15, -0.1) is 0 Å². The van der Waals surface area contributed by atoms with Crippen molar-refractivity contribution in [2.45, 2.75) is 0 Å². The van der Waals surface area contributed by atoms with E-state index in [2.05, 4.69) is 35.2 Å². The SMILES string of the molecule is c1ccc(-c2nc(Nc3ncccn3)cc(-c3cccnc3)n2)nc1. The standard InChI is InChI=1S/C18H13N7/c1-2-8-20-14(6-1)17-23-15(13-5-3-7-19-12-13)11-16(24-17)25-18-21-9-4-10-22-18/h1-12H,(H,21,22,23,24,25). The number of nitrogens with one attached hydrogen (secondary N) is 1. The Bertz CT molecular complexity index is 903. The van der Waals surface area contributed by atoms with E-state index in [4.69, 9.17) is 0 Å². The zero-order valence-electron chi connectivity index (χ0n) is 13.1. The summed E-state index contributed by atoms with van der Waals surface area (Å²) in [6.07, 6.45) is 8.52. The second-order valence-electron chi connectivity index (χ2n) is 5.12. The Morgan fingerprint density at radius 3 is 2.36 bits per heavy atom. The molecule has 0 radical (unpaired) electrons. The van der Waals surface area contributed by atoms with Crippen LogP contribution in [0.3, 0.4) is 0 Å². The lowest BCUT2D eigenvalue weighted by atomic mass is 10.2. The summed E-state index contributed by atoms with van der Waals surface area (Å²) in [5.74, 6) is 1.56. The summed E-state index contributed by atoms with van der Waals surface area (Å²) in [5, 5.41) is 3.10. The van der Waals surface area contributed by atoms with Crippen LogP contribution in [0.5, 0.6) is 0 Å². The molecule has 4 aromatic rings. The summed E-state index contributed by atoms with van der Waals surface area (Å²) in [6.45, 7) is 0. The van der Waals surface area contributed by atoms with Gasteiger partial charge in [-0.25, -0.2) is 19.9 Å². The van der Waals surface area contributed by atoms with E-state index >= 15 is 0 Å². The van der Waals surface area contributed by atoms with Crippen LogP contribution in [0.1, 0.15) is 0 Å². The van der Waals surface area contributed by atoms with Gasteiger partial charge in [0.15, 0.2) is 5.82 Å². The molecule has 4 rings (SSSR count). The van der Waals surface area contributed by atoms with Crippen LogP contribution in [0.4, 0.5) is 11.8 Å². The third kappa shape index (κ3) is 3.45. The average Bonchev–Trinajstić information content (AvgIpc) is 2.70. The molecule has 0 aliphatic heterocycles. The van der Waals surface area contributed by atoms with Gasteiger partial charge in [0.2, 0.25) is 5.95 Å². The monoisotopic (exact) mass is 327 g/mol. The lowest BCUT2D eigenvalue weighted by Crippen LogP contribution is -2.02. The van der Waals surface area contributed by atoms with E-state index in [1.165, 1.54) is 0 Å². The molecule has 0 atom stereocenters. The van der Waals surface area contributed by atoms with Gasteiger partial charge < -0.3 is 5.32 Å². The van der Waals surface area contributed by atoms with E-state index in [0.29, 0.717) is 23.3 Å². The molecule has 0 spiro atoms. The summed E-state index contributed by atoms with van der Waals surface area (Å²) in [7, 11) is 0. The molecule has 1 N–H and O–H groups in total. The number of nitrogens with zero attached hydrogens (tertiary/aromatic N) is 6. The lowest BCUT2D eigenvalue weighted by molar-refractivity contribution is 1.11. The van der Waals surface area contributed by atoms with Crippen LogP contribution >= 0.6 is 0 Å². The molecule has 0 saturated heterocycles. The largest absolute Gasteiger partial charge is 0.309 e. The topological polar surface area (TPSA) is 89.4 Å². The molecule has 120 valence electrons. The first-order chi connectivity index (χ1) is 12.4. The fourth-order valence-electron chi connectivity index (χ4n) is 2.26. The van der Waals surface area contributed by atoms with Crippen LogP contribution < -0.4 is 5.32 Å².